The number of aliphatic hydroxyl groups excluding tert-OH is 1. The summed E-state index contributed by atoms with van der Waals surface area (Å²) in [4.78, 5) is 5.31. The Morgan fingerprint density at radius 2 is 1.84 bits per heavy atom. The molecule has 0 bridgehead atoms. The summed E-state index contributed by atoms with van der Waals surface area (Å²) < 4.78 is 7.05. The van der Waals surface area contributed by atoms with Crippen molar-refractivity contribution < 1.29 is 9.84 Å². The van der Waals surface area contributed by atoms with E-state index in [4.69, 9.17) is 15.5 Å². The first-order valence-corrected chi connectivity index (χ1v) is 12.4. The van der Waals surface area contributed by atoms with E-state index in [9.17, 15) is 5.11 Å². The second kappa shape index (κ2) is 6.43. The minimum absolute atomic E-state index is 0.0502. The molecule has 2 aromatic rings. The molecule has 1 fully saturated rings. The van der Waals surface area contributed by atoms with Crippen LogP contribution in [0.1, 0.15) is 130 Å². The van der Waals surface area contributed by atoms with E-state index in [1.807, 2.05) is 0 Å². The van der Waals surface area contributed by atoms with Crippen LogP contribution >= 0.6 is 0 Å². The molecule has 1 aliphatic heterocycles. The van der Waals surface area contributed by atoms with Crippen molar-refractivity contribution in [1.29, 1.82) is 0 Å². The number of ether oxygens (including phenoxy) is 1. The maximum atomic E-state index is 11.4. The normalized spacial score (nSPS) is 29.0. The topological polar surface area (TPSA) is 68.4 Å². The Labute approximate surface area is 191 Å². The zero-order valence-electron chi connectivity index (χ0n) is 20.1. The van der Waals surface area contributed by atoms with Crippen LogP contribution in [0.5, 0.6) is 0 Å². The average Bonchev–Trinajstić information content (AvgIpc) is 3.30. The number of pyridine rings is 1. The Kier molecular flexibility index (Phi) is 4.19. The van der Waals surface area contributed by atoms with Gasteiger partial charge in [0.1, 0.15) is 6.10 Å². The number of benzene rings is 1. The molecule has 1 saturated carbocycles. The van der Waals surface area contributed by atoms with E-state index in [1.165, 1.54) is 35.1 Å². The van der Waals surface area contributed by atoms with Gasteiger partial charge in [0.25, 0.3) is 0 Å². The number of aliphatic hydroxyl groups is 1. The summed E-state index contributed by atoms with van der Waals surface area (Å²) in [6, 6.07) is 6.69. The van der Waals surface area contributed by atoms with Crippen molar-refractivity contribution in [1.82, 2.24) is 4.98 Å². The van der Waals surface area contributed by atoms with Crippen LogP contribution in [-0.4, -0.2) is 10.1 Å². The molecule has 4 nitrogen and oxygen atoms in total. The molecular weight excluding hydrogens is 396 g/mol. The molecule has 32 heavy (non-hydrogen) atoms. The summed E-state index contributed by atoms with van der Waals surface area (Å²) in [6.07, 6.45) is 5.61. The SMILES string of the molecule is CC1c2cc(C(C)(C)N)ccc2[C@H]2OC3(CCCC3)c3c4c(nc1c32)CC(C)(C)CC4O. The monoisotopic (exact) mass is 432 g/mol. The van der Waals surface area contributed by atoms with Crippen molar-refractivity contribution >= 4 is 0 Å². The molecule has 3 aliphatic carbocycles. The molecule has 2 unspecified atom stereocenters. The largest absolute Gasteiger partial charge is 0.388 e. The van der Waals surface area contributed by atoms with E-state index >= 15 is 0 Å². The van der Waals surface area contributed by atoms with Gasteiger partial charge in [-0.2, -0.15) is 0 Å². The zero-order chi connectivity index (χ0) is 22.6. The molecule has 0 radical (unpaired) electrons. The zero-order valence-corrected chi connectivity index (χ0v) is 20.1. The number of nitrogens with zero attached hydrogens (tertiary/aromatic N) is 1. The van der Waals surface area contributed by atoms with Crippen LogP contribution < -0.4 is 5.73 Å². The van der Waals surface area contributed by atoms with Crippen LogP contribution in [0, 0.1) is 5.41 Å². The Morgan fingerprint density at radius 3 is 2.53 bits per heavy atom. The second-order valence-electron chi connectivity index (χ2n) is 12.2. The minimum Gasteiger partial charge on any atom is -0.388 e. The van der Waals surface area contributed by atoms with E-state index in [1.54, 1.807) is 0 Å². The van der Waals surface area contributed by atoms with Crippen molar-refractivity contribution in [2.24, 2.45) is 11.1 Å². The van der Waals surface area contributed by atoms with Gasteiger partial charge < -0.3 is 15.6 Å². The van der Waals surface area contributed by atoms with Crippen LogP contribution in [0.25, 0.3) is 0 Å². The maximum absolute atomic E-state index is 11.4. The highest BCUT2D eigenvalue weighted by atomic mass is 16.5. The molecule has 1 aromatic heterocycles. The van der Waals surface area contributed by atoms with Crippen molar-refractivity contribution in [3.8, 4) is 0 Å². The number of rotatable bonds is 1. The lowest BCUT2D eigenvalue weighted by molar-refractivity contribution is -0.0588. The highest BCUT2D eigenvalue weighted by Crippen LogP contribution is 2.62. The van der Waals surface area contributed by atoms with Gasteiger partial charge in [0.05, 0.1) is 17.4 Å². The Balaban J connectivity index is 1.63. The first-order chi connectivity index (χ1) is 15.0. The fourth-order valence-corrected chi connectivity index (χ4v) is 7.03. The van der Waals surface area contributed by atoms with Gasteiger partial charge >= 0.3 is 0 Å². The smallest absolute Gasteiger partial charge is 0.111 e. The van der Waals surface area contributed by atoms with Gasteiger partial charge in [0, 0.05) is 28.3 Å². The third-order valence-electron chi connectivity index (χ3n) is 8.57. The third-order valence-corrected chi connectivity index (χ3v) is 8.57. The lowest BCUT2D eigenvalue weighted by Gasteiger charge is -2.38. The molecule has 6 rings (SSSR count). The average molecular weight is 433 g/mol. The second-order valence-corrected chi connectivity index (χ2v) is 12.2. The van der Waals surface area contributed by atoms with Crippen LogP contribution in [0.15, 0.2) is 18.2 Å². The van der Waals surface area contributed by atoms with Crippen molar-refractivity contribution in [3.05, 3.63) is 63.0 Å². The molecule has 4 aliphatic rings. The highest BCUT2D eigenvalue weighted by molar-refractivity contribution is 5.60. The lowest BCUT2D eigenvalue weighted by Crippen LogP contribution is -2.32. The summed E-state index contributed by atoms with van der Waals surface area (Å²) in [5.41, 5.74) is 15.5. The molecule has 170 valence electrons. The fraction of sp³-hybridized carbons (Fsp3) is 0.607. The van der Waals surface area contributed by atoms with Crippen LogP contribution in [-0.2, 0) is 22.3 Å². The van der Waals surface area contributed by atoms with E-state index in [-0.39, 0.29) is 28.6 Å². The van der Waals surface area contributed by atoms with Crippen molar-refractivity contribution in [2.45, 2.75) is 102 Å². The quantitative estimate of drug-likeness (QED) is 0.612. The third kappa shape index (κ3) is 2.76. The van der Waals surface area contributed by atoms with Gasteiger partial charge in [-0.25, -0.2) is 0 Å². The molecule has 2 heterocycles. The van der Waals surface area contributed by atoms with E-state index in [0.29, 0.717) is 0 Å². The van der Waals surface area contributed by atoms with E-state index < -0.39 is 6.10 Å². The van der Waals surface area contributed by atoms with Gasteiger partial charge in [0.2, 0.25) is 0 Å². The maximum Gasteiger partial charge on any atom is 0.111 e. The summed E-state index contributed by atoms with van der Waals surface area (Å²) in [6.45, 7) is 10.9. The molecule has 3 atom stereocenters. The summed E-state index contributed by atoms with van der Waals surface area (Å²) in [7, 11) is 0. The van der Waals surface area contributed by atoms with Gasteiger partial charge in [-0.15, -0.1) is 0 Å². The van der Waals surface area contributed by atoms with Crippen molar-refractivity contribution in [2.75, 3.05) is 0 Å². The molecule has 3 N–H and O–H groups in total. The predicted octanol–water partition coefficient (Wildman–Crippen LogP) is 5.64. The summed E-state index contributed by atoms with van der Waals surface area (Å²) in [5.74, 6) is 0.185. The molecule has 4 heteroatoms. The lowest BCUT2D eigenvalue weighted by atomic mass is 9.69. The number of nitrogens with two attached hydrogens (primary N) is 1. The van der Waals surface area contributed by atoms with Crippen LogP contribution in [0.2, 0.25) is 0 Å². The van der Waals surface area contributed by atoms with Crippen LogP contribution in [0.4, 0.5) is 0 Å². The number of hydrogen-bond acceptors (Lipinski definition) is 4. The Morgan fingerprint density at radius 1 is 1.12 bits per heavy atom. The van der Waals surface area contributed by atoms with Gasteiger partial charge in [0.15, 0.2) is 0 Å². The Hall–Kier alpha value is -1.75. The number of aromatic nitrogens is 1. The number of hydrogen-bond donors (Lipinski definition) is 2. The molecule has 1 spiro atoms. The van der Waals surface area contributed by atoms with E-state index in [2.05, 4.69) is 52.8 Å². The summed E-state index contributed by atoms with van der Waals surface area (Å²) in [5, 5.41) is 11.4. The number of fused-ring (bicyclic) bond motifs is 5. The van der Waals surface area contributed by atoms with E-state index in [0.717, 1.165) is 48.2 Å². The molecule has 1 aromatic carbocycles. The highest BCUT2D eigenvalue weighted by Gasteiger charge is 2.54. The van der Waals surface area contributed by atoms with Crippen LogP contribution in [0.3, 0.4) is 0 Å². The minimum atomic E-state index is -0.460. The standard InChI is InChI=1S/C28H36N2O2/c1-15-18-12-16(27(4,5)29)8-9-17(18)25-22-23(28(32-25)10-6-7-11-28)21-19(30-24(15)22)13-26(2,3)14-20(21)31/h8-9,12,15,20,25,31H,6-7,10-11,13-14,29H2,1-5H3/t15?,20?,25-/m1/s1. The van der Waals surface area contributed by atoms with Gasteiger partial charge in [-0.05, 0) is 67.2 Å². The predicted molar refractivity (Wildman–Crippen MR) is 126 cm³/mol. The first kappa shape index (κ1) is 20.8. The molecular formula is C28H36N2O2. The fourth-order valence-electron chi connectivity index (χ4n) is 7.03. The Bertz CT molecular complexity index is 1120. The van der Waals surface area contributed by atoms with Gasteiger partial charge in [-0.3, -0.25) is 4.98 Å². The first-order valence-electron chi connectivity index (χ1n) is 12.4. The van der Waals surface area contributed by atoms with Crippen molar-refractivity contribution in [3.63, 3.8) is 0 Å². The summed E-state index contributed by atoms with van der Waals surface area (Å²) >= 11 is 0. The molecule has 0 saturated heterocycles. The molecule has 0 amide bonds. The van der Waals surface area contributed by atoms with Gasteiger partial charge in [-0.1, -0.05) is 51.8 Å².